The van der Waals surface area contributed by atoms with E-state index in [9.17, 15) is 9.59 Å². The van der Waals surface area contributed by atoms with Gasteiger partial charge in [0.15, 0.2) is 0 Å². The van der Waals surface area contributed by atoms with E-state index in [1.54, 1.807) is 33.8 Å². The monoisotopic (exact) mass is 666 g/mol. The summed E-state index contributed by atoms with van der Waals surface area (Å²) < 4.78 is 16.6. The summed E-state index contributed by atoms with van der Waals surface area (Å²) >= 11 is 23.6. The molecule has 0 radical (unpaired) electrons. The Morgan fingerprint density at radius 1 is 1.07 bits per heavy atom. The Hall–Kier alpha value is -1.85. The molecule has 41 heavy (non-hydrogen) atoms. The smallest absolute Gasteiger partial charge is 0.412 e. The Morgan fingerprint density at radius 3 is 2.32 bits per heavy atom. The predicted octanol–water partition coefficient (Wildman–Crippen LogP) is 8.06. The van der Waals surface area contributed by atoms with Crippen LogP contribution < -0.4 is 10.1 Å². The number of benzene rings is 1. The van der Waals surface area contributed by atoms with Crippen molar-refractivity contribution in [2.75, 3.05) is 31.6 Å². The number of anilines is 1. The third kappa shape index (κ3) is 10.7. The predicted molar refractivity (Wildman–Crippen MR) is 167 cm³/mol. The van der Waals surface area contributed by atoms with E-state index < -0.39 is 24.6 Å². The van der Waals surface area contributed by atoms with Crippen LogP contribution in [0.3, 0.4) is 0 Å². The highest BCUT2D eigenvalue weighted by Gasteiger charge is 2.27. The minimum atomic E-state index is -1.74. The standard InChI is InChI=1S/C27H38Cl4N4O5Si/c1-26(2,3)22-16-23(32-24(36)39-17-27(29,30)31)35(33-22)18-7-8-20(28)21(15-18)40-19-9-11-34(12-10-19)25(37)38-13-14-41(4,5)6/h7-8,15-16,19H,9-14,17H2,1-6H3,(H,32,36). The summed E-state index contributed by atoms with van der Waals surface area (Å²) in [5.41, 5.74) is 1.04. The van der Waals surface area contributed by atoms with E-state index in [0.717, 1.165) is 11.7 Å². The van der Waals surface area contributed by atoms with Crippen LogP contribution in [0.4, 0.5) is 15.4 Å². The van der Waals surface area contributed by atoms with Crippen LogP contribution in [0.25, 0.3) is 5.69 Å². The van der Waals surface area contributed by atoms with Gasteiger partial charge in [0.1, 0.15) is 24.3 Å². The molecule has 2 heterocycles. The molecule has 0 aliphatic carbocycles. The first-order valence-electron chi connectivity index (χ1n) is 13.4. The maximum Gasteiger partial charge on any atom is 0.412 e. The van der Waals surface area contributed by atoms with E-state index in [4.69, 9.17) is 65.7 Å². The zero-order chi connectivity index (χ0) is 30.6. The van der Waals surface area contributed by atoms with Crippen molar-refractivity contribution >= 4 is 72.5 Å². The third-order valence-electron chi connectivity index (χ3n) is 6.31. The average molecular weight is 669 g/mol. The van der Waals surface area contributed by atoms with Gasteiger partial charge in [-0.2, -0.15) is 5.10 Å². The summed E-state index contributed by atoms with van der Waals surface area (Å²) in [6.07, 6.45) is 0.0748. The zero-order valence-corrected chi connectivity index (χ0v) is 28.3. The number of hydrogen-bond acceptors (Lipinski definition) is 6. The molecule has 2 amide bonds. The van der Waals surface area contributed by atoms with E-state index in [1.807, 2.05) is 20.8 Å². The number of nitrogens with one attached hydrogen (secondary N) is 1. The van der Waals surface area contributed by atoms with Crippen LogP contribution in [0, 0.1) is 0 Å². The Labute approximate surface area is 262 Å². The van der Waals surface area contributed by atoms with Gasteiger partial charge in [0.05, 0.1) is 23.0 Å². The number of halogens is 4. The van der Waals surface area contributed by atoms with Crippen molar-refractivity contribution in [3.63, 3.8) is 0 Å². The Kier molecular flexibility index (Phi) is 11.2. The molecule has 0 saturated carbocycles. The Balaban J connectivity index is 1.70. The number of ether oxygens (including phenoxy) is 3. The first kappa shape index (κ1) is 33.6. The van der Waals surface area contributed by atoms with Gasteiger partial charge >= 0.3 is 12.2 Å². The number of hydrogen-bond donors (Lipinski definition) is 1. The van der Waals surface area contributed by atoms with Gasteiger partial charge in [-0.1, -0.05) is 86.8 Å². The fourth-order valence-electron chi connectivity index (χ4n) is 3.91. The lowest BCUT2D eigenvalue weighted by molar-refractivity contribution is 0.0702. The van der Waals surface area contributed by atoms with E-state index in [1.165, 1.54) is 0 Å². The van der Waals surface area contributed by atoms with Crippen LogP contribution in [0.5, 0.6) is 5.75 Å². The maximum atomic E-state index is 12.5. The fraction of sp³-hybridized carbons (Fsp3) is 0.593. The maximum absolute atomic E-state index is 12.5. The van der Waals surface area contributed by atoms with Crippen molar-refractivity contribution in [2.45, 2.75) is 74.6 Å². The van der Waals surface area contributed by atoms with Gasteiger partial charge in [-0.25, -0.2) is 14.3 Å². The molecule has 9 nitrogen and oxygen atoms in total. The van der Waals surface area contributed by atoms with Gasteiger partial charge in [-0.15, -0.1) is 0 Å². The lowest BCUT2D eigenvalue weighted by Crippen LogP contribution is -2.42. The highest BCUT2D eigenvalue weighted by molar-refractivity contribution is 6.76. The van der Waals surface area contributed by atoms with Crippen molar-refractivity contribution < 1.29 is 23.8 Å². The molecule has 0 unspecified atom stereocenters. The number of alkyl halides is 3. The minimum absolute atomic E-state index is 0.133. The first-order chi connectivity index (χ1) is 18.9. The third-order valence-corrected chi connectivity index (χ3v) is 8.65. The van der Waals surface area contributed by atoms with E-state index in [-0.39, 0.29) is 17.6 Å². The number of likely N-dealkylation sites (tertiary alicyclic amines) is 1. The molecule has 1 aliphatic rings. The summed E-state index contributed by atoms with van der Waals surface area (Å²) in [5, 5.41) is 7.82. The number of aromatic nitrogens is 2. The second-order valence-corrected chi connectivity index (χ2v) is 20.8. The molecular formula is C27H38Cl4N4O5Si. The van der Waals surface area contributed by atoms with Crippen LogP contribution in [0.15, 0.2) is 24.3 Å². The van der Waals surface area contributed by atoms with Crippen molar-refractivity contribution in [2.24, 2.45) is 0 Å². The molecule has 1 aliphatic heterocycles. The Bertz CT molecular complexity index is 1220. The molecule has 0 spiro atoms. The largest absolute Gasteiger partial charge is 0.489 e. The van der Waals surface area contributed by atoms with Gasteiger partial charge in [0, 0.05) is 51.6 Å². The van der Waals surface area contributed by atoms with Gasteiger partial charge in [-0.3, -0.25) is 5.32 Å². The van der Waals surface area contributed by atoms with Crippen molar-refractivity contribution in [1.29, 1.82) is 0 Å². The molecule has 1 aromatic carbocycles. The molecule has 3 rings (SSSR count). The van der Waals surface area contributed by atoms with Crippen molar-refractivity contribution in [3.05, 3.63) is 35.0 Å². The summed E-state index contributed by atoms with van der Waals surface area (Å²) in [5.74, 6) is 0.830. The molecule has 14 heteroatoms. The van der Waals surface area contributed by atoms with Crippen LogP contribution in [0.2, 0.25) is 30.7 Å². The van der Waals surface area contributed by atoms with Crippen LogP contribution in [-0.4, -0.2) is 71.1 Å². The molecule has 228 valence electrons. The van der Waals surface area contributed by atoms with E-state index in [2.05, 4.69) is 25.0 Å². The normalized spacial score (nSPS) is 15.0. The topological polar surface area (TPSA) is 94.9 Å². The highest BCUT2D eigenvalue weighted by Crippen LogP contribution is 2.33. The highest BCUT2D eigenvalue weighted by atomic mass is 35.6. The van der Waals surface area contributed by atoms with Crippen LogP contribution in [0.1, 0.15) is 39.3 Å². The number of piperidine rings is 1. The molecule has 2 aromatic rings. The molecule has 1 fully saturated rings. The molecule has 1 N–H and O–H groups in total. The van der Waals surface area contributed by atoms with Crippen molar-refractivity contribution in [3.8, 4) is 11.4 Å². The molecule has 1 aromatic heterocycles. The number of carbonyl (C=O) groups is 2. The van der Waals surface area contributed by atoms with Gasteiger partial charge < -0.3 is 19.1 Å². The molecule has 0 atom stereocenters. The summed E-state index contributed by atoms with van der Waals surface area (Å²) in [7, 11) is -1.27. The minimum Gasteiger partial charge on any atom is -0.489 e. The zero-order valence-electron chi connectivity index (χ0n) is 24.2. The summed E-state index contributed by atoms with van der Waals surface area (Å²) in [6, 6.07) is 7.93. The van der Waals surface area contributed by atoms with Crippen LogP contribution in [-0.2, 0) is 14.9 Å². The summed E-state index contributed by atoms with van der Waals surface area (Å²) in [4.78, 5) is 26.6. The molecular weight excluding hydrogens is 630 g/mol. The Morgan fingerprint density at radius 2 is 1.73 bits per heavy atom. The van der Waals surface area contributed by atoms with Gasteiger partial charge in [-0.05, 0) is 18.2 Å². The fourth-order valence-corrected chi connectivity index (χ4v) is 4.95. The first-order valence-corrected chi connectivity index (χ1v) is 18.6. The van der Waals surface area contributed by atoms with Gasteiger partial charge in [0.25, 0.3) is 0 Å². The van der Waals surface area contributed by atoms with E-state index >= 15 is 0 Å². The number of rotatable bonds is 8. The lowest BCUT2D eigenvalue weighted by atomic mass is 9.92. The van der Waals surface area contributed by atoms with Gasteiger partial charge in [0.2, 0.25) is 3.79 Å². The molecule has 0 bridgehead atoms. The summed E-state index contributed by atoms with van der Waals surface area (Å²) in [6.45, 7) is 13.9. The number of carbonyl (C=O) groups excluding carboxylic acids is 2. The average Bonchev–Trinajstić information content (AvgIpc) is 3.27. The second-order valence-electron chi connectivity index (χ2n) is 12.2. The van der Waals surface area contributed by atoms with Crippen LogP contribution >= 0.6 is 46.4 Å². The lowest BCUT2D eigenvalue weighted by Gasteiger charge is -2.32. The quantitative estimate of drug-likeness (QED) is 0.226. The van der Waals surface area contributed by atoms with Crippen molar-refractivity contribution in [1.82, 2.24) is 14.7 Å². The molecule has 1 saturated heterocycles. The number of amides is 2. The second kappa shape index (κ2) is 13.6. The SMILES string of the molecule is CC(C)(C)c1cc(NC(=O)OCC(Cl)(Cl)Cl)n(-c2ccc(Cl)c(OC3CCN(C(=O)OCC[Si](C)(C)C)CC3)c2)n1. The van der Waals surface area contributed by atoms with E-state index in [0.29, 0.717) is 54.8 Å². The number of nitrogens with zero attached hydrogens (tertiary/aromatic N) is 3.